The van der Waals surface area contributed by atoms with Crippen LogP contribution in [-0.2, 0) is 7.05 Å². The molecule has 0 unspecified atom stereocenters. The maximum Gasteiger partial charge on any atom is 0.276 e. The molecule has 2 aromatic heterocycles. The van der Waals surface area contributed by atoms with Gasteiger partial charge in [-0.25, -0.2) is 4.98 Å². The Labute approximate surface area is 152 Å². The molecule has 0 aliphatic carbocycles. The fourth-order valence-corrected chi connectivity index (χ4v) is 3.50. The molecule has 2 fully saturated rings. The van der Waals surface area contributed by atoms with Gasteiger partial charge in [-0.3, -0.25) is 9.48 Å². The van der Waals surface area contributed by atoms with Crippen LogP contribution < -0.4 is 9.80 Å². The molecular weight excluding hydrogens is 332 g/mol. The summed E-state index contributed by atoms with van der Waals surface area (Å²) in [6.45, 7) is 6.84. The summed E-state index contributed by atoms with van der Waals surface area (Å²) in [5.41, 5.74) is 1.37. The second kappa shape index (κ2) is 6.89. The lowest BCUT2D eigenvalue weighted by Gasteiger charge is -2.34. The zero-order valence-electron chi connectivity index (χ0n) is 15.3. The lowest BCUT2D eigenvalue weighted by molar-refractivity contribution is 0.0740. The number of anilines is 2. The molecule has 2 aromatic rings. The molecule has 0 bridgehead atoms. The van der Waals surface area contributed by atoms with Crippen LogP contribution in [0.4, 0.5) is 11.8 Å². The fraction of sp³-hybridized carbons (Fsp3) is 0.588. The van der Waals surface area contributed by atoms with E-state index >= 15 is 0 Å². The Kier molecular flexibility index (Phi) is 4.44. The van der Waals surface area contributed by atoms with Crippen LogP contribution in [0, 0.1) is 6.92 Å². The summed E-state index contributed by atoms with van der Waals surface area (Å²) in [4.78, 5) is 28.2. The third kappa shape index (κ3) is 3.33. The summed E-state index contributed by atoms with van der Waals surface area (Å²) in [6, 6.07) is 2.06. The third-order valence-corrected chi connectivity index (χ3v) is 4.93. The molecule has 26 heavy (non-hydrogen) atoms. The molecule has 138 valence electrons. The first-order chi connectivity index (χ1) is 12.6. The second-order valence-electron chi connectivity index (χ2n) is 6.92. The van der Waals surface area contributed by atoms with Gasteiger partial charge in [-0.05, 0) is 19.8 Å². The SMILES string of the molecule is Cc1cc(N2CCCC2)nc(N2CCN(C(=O)c3cn(C)nn3)CC2)n1. The normalized spacial score (nSPS) is 17.8. The Morgan fingerprint density at radius 3 is 2.38 bits per heavy atom. The number of amides is 1. The first-order valence-corrected chi connectivity index (χ1v) is 9.11. The number of piperazine rings is 1. The van der Waals surface area contributed by atoms with Crippen molar-refractivity contribution >= 4 is 17.7 Å². The molecule has 2 saturated heterocycles. The smallest absolute Gasteiger partial charge is 0.276 e. The van der Waals surface area contributed by atoms with Gasteiger partial charge in [0, 0.05) is 58.1 Å². The third-order valence-electron chi connectivity index (χ3n) is 4.93. The van der Waals surface area contributed by atoms with E-state index in [1.807, 2.05) is 11.8 Å². The first-order valence-electron chi connectivity index (χ1n) is 9.11. The van der Waals surface area contributed by atoms with E-state index in [0.717, 1.165) is 43.6 Å². The number of aromatic nitrogens is 5. The molecule has 1 amide bonds. The molecule has 9 heteroatoms. The van der Waals surface area contributed by atoms with E-state index in [1.54, 1.807) is 17.9 Å². The van der Waals surface area contributed by atoms with Crippen molar-refractivity contribution in [3.8, 4) is 0 Å². The second-order valence-corrected chi connectivity index (χ2v) is 6.92. The minimum Gasteiger partial charge on any atom is -0.356 e. The molecule has 2 aliphatic rings. The number of rotatable bonds is 3. The Balaban J connectivity index is 1.43. The first kappa shape index (κ1) is 16.7. The highest BCUT2D eigenvalue weighted by molar-refractivity contribution is 5.92. The van der Waals surface area contributed by atoms with E-state index in [9.17, 15) is 4.79 Å². The average molecular weight is 356 g/mol. The van der Waals surface area contributed by atoms with E-state index in [0.29, 0.717) is 18.8 Å². The van der Waals surface area contributed by atoms with Crippen molar-refractivity contribution in [2.45, 2.75) is 19.8 Å². The highest BCUT2D eigenvalue weighted by Gasteiger charge is 2.26. The predicted octanol–water partition coefficient (Wildman–Crippen LogP) is 0.476. The fourth-order valence-electron chi connectivity index (χ4n) is 3.50. The van der Waals surface area contributed by atoms with Crippen LogP contribution in [0.1, 0.15) is 29.0 Å². The highest BCUT2D eigenvalue weighted by Crippen LogP contribution is 2.22. The largest absolute Gasteiger partial charge is 0.356 e. The van der Waals surface area contributed by atoms with Crippen molar-refractivity contribution < 1.29 is 4.79 Å². The highest BCUT2D eigenvalue weighted by atomic mass is 16.2. The molecule has 0 radical (unpaired) electrons. The van der Waals surface area contributed by atoms with Gasteiger partial charge in [0.15, 0.2) is 5.69 Å². The number of hydrogen-bond acceptors (Lipinski definition) is 7. The molecule has 0 saturated carbocycles. The van der Waals surface area contributed by atoms with Crippen LogP contribution in [0.5, 0.6) is 0 Å². The van der Waals surface area contributed by atoms with Crippen LogP contribution in [0.2, 0.25) is 0 Å². The van der Waals surface area contributed by atoms with E-state index in [2.05, 4.69) is 31.2 Å². The van der Waals surface area contributed by atoms with Crippen LogP contribution in [0.15, 0.2) is 12.3 Å². The van der Waals surface area contributed by atoms with Crippen molar-refractivity contribution in [1.29, 1.82) is 0 Å². The zero-order valence-corrected chi connectivity index (χ0v) is 15.3. The minimum absolute atomic E-state index is 0.0688. The summed E-state index contributed by atoms with van der Waals surface area (Å²) < 4.78 is 1.55. The topological polar surface area (TPSA) is 83.3 Å². The number of hydrogen-bond donors (Lipinski definition) is 0. The van der Waals surface area contributed by atoms with E-state index in [1.165, 1.54) is 12.8 Å². The van der Waals surface area contributed by atoms with Crippen molar-refractivity contribution in [3.63, 3.8) is 0 Å². The van der Waals surface area contributed by atoms with Crippen molar-refractivity contribution in [2.75, 3.05) is 49.1 Å². The lowest BCUT2D eigenvalue weighted by atomic mass is 10.3. The van der Waals surface area contributed by atoms with Crippen molar-refractivity contribution in [2.24, 2.45) is 7.05 Å². The molecule has 0 N–H and O–H groups in total. The molecule has 4 rings (SSSR count). The number of nitrogens with zero attached hydrogens (tertiary/aromatic N) is 8. The summed E-state index contributed by atoms with van der Waals surface area (Å²) in [6.07, 6.45) is 4.10. The zero-order chi connectivity index (χ0) is 18.1. The summed E-state index contributed by atoms with van der Waals surface area (Å²) in [5.74, 6) is 1.71. The molecule has 2 aliphatic heterocycles. The quantitative estimate of drug-likeness (QED) is 0.791. The maximum atomic E-state index is 12.5. The average Bonchev–Trinajstić information content (AvgIpc) is 3.32. The molecule has 9 nitrogen and oxygen atoms in total. The Morgan fingerprint density at radius 2 is 1.73 bits per heavy atom. The van der Waals surface area contributed by atoms with Gasteiger partial charge >= 0.3 is 0 Å². The summed E-state index contributed by atoms with van der Waals surface area (Å²) in [7, 11) is 1.76. The molecule has 4 heterocycles. The van der Waals surface area contributed by atoms with Gasteiger partial charge in [0.25, 0.3) is 5.91 Å². The molecule has 0 spiro atoms. The van der Waals surface area contributed by atoms with Gasteiger partial charge in [0.05, 0.1) is 6.20 Å². The number of carbonyl (C=O) groups is 1. The summed E-state index contributed by atoms with van der Waals surface area (Å²) >= 11 is 0. The van der Waals surface area contributed by atoms with Crippen molar-refractivity contribution in [1.82, 2.24) is 29.9 Å². The van der Waals surface area contributed by atoms with E-state index in [-0.39, 0.29) is 5.91 Å². The Hall–Kier alpha value is -2.71. The van der Waals surface area contributed by atoms with Gasteiger partial charge in [-0.15, -0.1) is 5.10 Å². The lowest BCUT2D eigenvalue weighted by Crippen LogP contribution is -2.49. The van der Waals surface area contributed by atoms with Gasteiger partial charge in [-0.1, -0.05) is 5.21 Å². The van der Waals surface area contributed by atoms with Gasteiger partial charge < -0.3 is 14.7 Å². The van der Waals surface area contributed by atoms with Gasteiger partial charge in [-0.2, -0.15) is 4.98 Å². The maximum absolute atomic E-state index is 12.5. The molecule has 0 aromatic carbocycles. The van der Waals surface area contributed by atoms with Gasteiger partial charge in [0.2, 0.25) is 5.95 Å². The predicted molar refractivity (Wildman–Crippen MR) is 97.3 cm³/mol. The monoisotopic (exact) mass is 356 g/mol. The molecule has 0 atom stereocenters. The number of carbonyl (C=O) groups excluding carboxylic acids is 1. The van der Waals surface area contributed by atoms with Crippen molar-refractivity contribution in [3.05, 3.63) is 23.7 Å². The van der Waals surface area contributed by atoms with Crippen LogP contribution in [-0.4, -0.2) is 75.0 Å². The minimum atomic E-state index is -0.0688. The Morgan fingerprint density at radius 1 is 1.00 bits per heavy atom. The van der Waals surface area contributed by atoms with E-state index < -0.39 is 0 Å². The van der Waals surface area contributed by atoms with E-state index in [4.69, 9.17) is 4.98 Å². The number of aryl methyl sites for hydroxylation is 2. The standard InChI is InChI=1S/C17H24N8O/c1-13-11-15(23-5-3-4-6-23)19-17(18-13)25-9-7-24(8-10-25)16(26)14-12-22(2)21-20-14/h11-12H,3-10H2,1-2H3. The van der Waals surface area contributed by atoms with Gasteiger partial charge in [0.1, 0.15) is 5.82 Å². The Bertz CT molecular complexity index is 790. The molecular formula is C17H24N8O. The van der Waals surface area contributed by atoms with Crippen LogP contribution in [0.3, 0.4) is 0 Å². The van der Waals surface area contributed by atoms with Crippen LogP contribution >= 0.6 is 0 Å². The van der Waals surface area contributed by atoms with Crippen LogP contribution in [0.25, 0.3) is 0 Å². The summed E-state index contributed by atoms with van der Waals surface area (Å²) in [5, 5.41) is 7.75.